The standard InChI is InChI=1S/C15H12Cl2N4O/c16-13-7-3-1-5-11(13)9-18-20-15(22)21-19-10-12-6-2-4-8-14(12)17/h1-10H,(H2,20,21,22)/b18-9+,19-10?. The molecule has 5 nitrogen and oxygen atoms in total. The lowest BCUT2D eigenvalue weighted by Gasteiger charge is -1.99. The highest BCUT2D eigenvalue weighted by Gasteiger charge is 1.97. The fraction of sp³-hybridized carbons (Fsp3) is 0. The number of hydrogen-bond acceptors (Lipinski definition) is 3. The average Bonchev–Trinajstić information content (AvgIpc) is 2.51. The molecule has 2 rings (SSSR count). The smallest absolute Gasteiger partial charge is 0.245 e. The molecule has 0 aromatic heterocycles. The molecule has 0 atom stereocenters. The molecule has 0 saturated carbocycles. The second-order valence-electron chi connectivity index (χ2n) is 4.11. The zero-order valence-electron chi connectivity index (χ0n) is 11.3. The Bertz CT molecular complexity index is 657. The molecule has 22 heavy (non-hydrogen) atoms. The van der Waals surface area contributed by atoms with Crippen LogP contribution in [0.5, 0.6) is 0 Å². The van der Waals surface area contributed by atoms with E-state index in [0.717, 1.165) is 0 Å². The summed E-state index contributed by atoms with van der Waals surface area (Å²) in [7, 11) is 0. The number of halogens is 2. The van der Waals surface area contributed by atoms with E-state index in [9.17, 15) is 4.79 Å². The first-order valence-electron chi connectivity index (χ1n) is 6.28. The van der Waals surface area contributed by atoms with Gasteiger partial charge >= 0.3 is 6.03 Å². The van der Waals surface area contributed by atoms with Gasteiger partial charge in [0.1, 0.15) is 0 Å². The number of urea groups is 1. The highest BCUT2D eigenvalue weighted by atomic mass is 35.5. The van der Waals surface area contributed by atoms with Gasteiger partial charge < -0.3 is 0 Å². The molecule has 0 saturated heterocycles. The SMILES string of the molecule is O=C(NN=Cc1ccccc1Cl)N/N=C/c1ccccc1Cl. The molecule has 0 heterocycles. The van der Waals surface area contributed by atoms with E-state index >= 15 is 0 Å². The lowest BCUT2D eigenvalue weighted by Crippen LogP contribution is -2.28. The van der Waals surface area contributed by atoms with E-state index in [2.05, 4.69) is 21.1 Å². The van der Waals surface area contributed by atoms with Crippen molar-refractivity contribution >= 4 is 41.7 Å². The van der Waals surface area contributed by atoms with Crippen LogP contribution in [0.4, 0.5) is 4.79 Å². The fourth-order valence-electron chi connectivity index (χ4n) is 1.51. The van der Waals surface area contributed by atoms with Gasteiger partial charge in [-0.2, -0.15) is 10.2 Å². The van der Waals surface area contributed by atoms with Crippen LogP contribution in [0.1, 0.15) is 11.1 Å². The topological polar surface area (TPSA) is 65.8 Å². The Kier molecular flexibility index (Phi) is 5.94. The van der Waals surface area contributed by atoms with E-state index in [4.69, 9.17) is 23.2 Å². The summed E-state index contributed by atoms with van der Waals surface area (Å²) in [6, 6.07) is 13.7. The number of nitrogens with zero attached hydrogens (tertiary/aromatic N) is 2. The van der Waals surface area contributed by atoms with Crippen LogP contribution in [-0.2, 0) is 0 Å². The van der Waals surface area contributed by atoms with Gasteiger partial charge in [-0.3, -0.25) is 0 Å². The summed E-state index contributed by atoms with van der Waals surface area (Å²) < 4.78 is 0. The molecule has 0 bridgehead atoms. The molecule has 0 aliphatic heterocycles. The Morgan fingerprint density at radius 3 is 1.64 bits per heavy atom. The van der Waals surface area contributed by atoms with E-state index in [-0.39, 0.29) is 0 Å². The molecule has 0 spiro atoms. The molecule has 0 radical (unpaired) electrons. The summed E-state index contributed by atoms with van der Waals surface area (Å²) in [6.07, 6.45) is 2.89. The van der Waals surface area contributed by atoms with Crippen LogP contribution < -0.4 is 10.9 Å². The molecule has 2 N–H and O–H groups in total. The second-order valence-corrected chi connectivity index (χ2v) is 4.93. The molecule has 7 heteroatoms. The van der Waals surface area contributed by atoms with Gasteiger partial charge in [-0.25, -0.2) is 15.6 Å². The maximum atomic E-state index is 11.5. The third kappa shape index (κ3) is 4.87. The summed E-state index contributed by atoms with van der Waals surface area (Å²) in [6.45, 7) is 0. The number of hydrazone groups is 2. The predicted molar refractivity (Wildman–Crippen MR) is 89.8 cm³/mol. The van der Waals surface area contributed by atoms with Crippen molar-refractivity contribution in [3.63, 3.8) is 0 Å². The quantitative estimate of drug-likeness (QED) is 0.650. The van der Waals surface area contributed by atoms with Crippen molar-refractivity contribution in [1.82, 2.24) is 10.9 Å². The van der Waals surface area contributed by atoms with Gasteiger partial charge in [0.15, 0.2) is 0 Å². The fourth-order valence-corrected chi connectivity index (χ4v) is 1.87. The second kappa shape index (κ2) is 8.17. The van der Waals surface area contributed by atoms with Crippen LogP contribution in [0.2, 0.25) is 10.0 Å². The van der Waals surface area contributed by atoms with E-state index in [0.29, 0.717) is 21.2 Å². The van der Waals surface area contributed by atoms with Gasteiger partial charge in [-0.05, 0) is 12.1 Å². The first-order chi connectivity index (χ1) is 10.7. The van der Waals surface area contributed by atoms with Crippen LogP contribution in [0, 0.1) is 0 Å². The average molecular weight is 335 g/mol. The normalized spacial score (nSPS) is 11.0. The Hall–Kier alpha value is -2.37. The third-order valence-corrected chi connectivity index (χ3v) is 3.24. The highest BCUT2D eigenvalue weighted by molar-refractivity contribution is 6.33. The molecule has 2 aromatic carbocycles. The van der Waals surface area contributed by atoms with E-state index in [1.807, 2.05) is 24.3 Å². The minimum Gasteiger partial charge on any atom is -0.245 e. The summed E-state index contributed by atoms with van der Waals surface area (Å²) >= 11 is 11.9. The highest BCUT2D eigenvalue weighted by Crippen LogP contribution is 2.12. The molecule has 2 amide bonds. The molecule has 0 unspecified atom stereocenters. The van der Waals surface area contributed by atoms with E-state index < -0.39 is 6.03 Å². The van der Waals surface area contributed by atoms with Crippen molar-refractivity contribution in [3.8, 4) is 0 Å². The van der Waals surface area contributed by atoms with Crippen LogP contribution in [0.15, 0.2) is 58.7 Å². The minimum atomic E-state index is -0.577. The summed E-state index contributed by atoms with van der Waals surface area (Å²) in [5, 5.41) is 8.64. The van der Waals surface area contributed by atoms with Gasteiger partial charge in [0.05, 0.1) is 12.4 Å². The number of rotatable bonds is 4. The number of benzene rings is 2. The lowest BCUT2D eigenvalue weighted by molar-refractivity contribution is 0.242. The number of amides is 2. The van der Waals surface area contributed by atoms with Gasteiger partial charge in [-0.1, -0.05) is 59.6 Å². The van der Waals surface area contributed by atoms with Crippen molar-refractivity contribution in [2.75, 3.05) is 0 Å². The Morgan fingerprint density at radius 2 is 1.23 bits per heavy atom. The van der Waals surface area contributed by atoms with E-state index in [1.165, 1.54) is 12.4 Å². The number of carbonyl (C=O) groups excluding carboxylic acids is 1. The summed E-state index contributed by atoms with van der Waals surface area (Å²) in [5.74, 6) is 0. The van der Waals surface area contributed by atoms with Crippen LogP contribution in [0.3, 0.4) is 0 Å². The number of nitrogens with one attached hydrogen (secondary N) is 2. The van der Waals surface area contributed by atoms with Crippen molar-refractivity contribution in [2.45, 2.75) is 0 Å². The zero-order chi connectivity index (χ0) is 15.8. The molecular weight excluding hydrogens is 323 g/mol. The number of carbonyl (C=O) groups is 1. The van der Waals surface area contributed by atoms with Crippen molar-refractivity contribution < 1.29 is 4.79 Å². The summed E-state index contributed by atoms with van der Waals surface area (Å²) in [4.78, 5) is 11.5. The van der Waals surface area contributed by atoms with Crippen LogP contribution in [-0.4, -0.2) is 18.5 Å². The predicted octanol–water partition coefficient (Wildman–Crippen LogP) is 3.66. The molecule has 112 valence electrons. The molecule has 0 aliphatic carbocycles. The van der Waals surface area contributed by atoms with Crippen molar-refractivity contribution in [3.05, 3.63) is 69.7 Å². The van der Waals surface area contributed by atoms with Gasteiger partial charge in [0.2, 0.25) is 0 Å². The lowest BCUT2D eigenvalue weighted by atomic mass is 10.2. The largest absolute Gasteiger partial charge is 0.355 e. The third-order valence-electron chi connectivity index (χ3n) is 2.55. The van der Waals surface area contributed by atoms with Gasteiger partial charge in [0, 0.05) is 21.2 Å². The van der Waals surface area contributed by atoms with Gasteiger partial charge in [-0.15, -0.1) is 0 Å². The first kappa shape index (κ1) is 16.0. The van der Waals surface area contributed by atoms with Crippen molar-refractivity contribution in [1.29, 1.82) is 0 Å². The maximum absolute atomic E-state index is 11.5. The molecular formula is C15H12Cl2N4O. The zero-order valence-corrected chi connectivity index (χ0v) is 12.8. The summed E-state index contributed by atoms with van der Waals surface area (Å²) in [5.41, 5.74) is 5.94. The van der Waals surface area contributed by atoms with Gasteiger partial charge in [0.25, 0.3) is 0 Å². The number of hydrogen-bond donors (Lipinski definition) is 2. The monoisotopic (exact) mass is 334 g/mol. The minimum absolute atomic E-state index is 0.546. The van der Waals surface area contributed by atoms with E-state index in [1.54, 1.807) is 24.3 Å². The van der Waals surface area contributed by atoms with Crippen LogP contribution in [0.25, 0.3) is 0 Å². The first-order valence-corrected chi connectivity index (χ1v) is 7.03. The molecule has 0 aliphatic rings. The Balaban J connectivity index is 1.84. The Labute approximate surface area is 137 Å². The Morgan fingerprint density at radius 1 is 0.818 bits per heavy atom. The molecule has 2 aromatic rings. The van der Waals surface area contributed by atoms with Crippen molar-refractivity contribution in [2.24, 2.45) is 10.2 Å². The maximum Gasteiger partial charge on any atom is 0.355 e. The van der Waals surface area contributed by atoms with Crippen LogP contribution >= 0.6 is 23.2 Å². The molecule has 0 fully saturated rings.